The second-order valence-electron chi connectivity index (χ2n) is 7.98. The zero-order valence-corrected chi connectivity index (χ0v) is 19.5. The number of carbonyl (C=O) groups excluding carboxylic acids is 1. The zero-order chi connectivity index (χ0) is 23.7. The molecular weight excluding hydrogens is 476 g/mol. The number of pyridine rings is 1. The summed E-state index contributed by atoms with van der Waals surface area (Å²) in [5, 5.41) is 7.70. The van der Waals surface area contributed by atoms with Crippen molar-refractivity contribution in [1.29, 1.82) is 0 Å². The van der Waals surface area contributed by atoms with Crippen LogP contribution >= 0.6 is 22.9 Å². The maximum atomic E-state index is 13.0. The first-order valence-electron chi connectivity index (χ1n) is 10.6. The number of ether oxygens (including phenoxy) is 1. The molecule has 34 heavy (non-hydrogen) atoms. The van der Waals surface area contributed by atoms with Crippen LogP contribution in [-0.2, 0) is 24.3 Å². The first-order valence-corrected chi connectivity index (χ1v) is 11.8. The summed E-state index contributed by atoms with van der Waals surface area (Å²) in [6.07, 6.45) is 3.69. The van der Waals surface area contributed by atoms with E-state index in [4.69, 9.17) is 22.1 Å². The van der Waals surface area contributed by atoms with Gasteiger partial charge in [0, 0.05) is 26.2 Å². The molecule has 0 fully saturated rings. The van der Waals surface area contributed by atoms with Crippen LogP contribution in [0.1, 0.15) is 10.4 Å². The Morgan fingerprint density at radius 3 is 2.94 bits per heavy atom. The number of carbonyl (C=O) groups is 1. The monoisotopic (exact) mass is 496 g/mol. The van der Waals surface area contributed by atoms with E-state index in [0.717, 1.165) is 20.5 Å². The second-order valence-corrected chi connectivity index (χ2v) is 9.58. The summed E-state index contributed by atoms with van der Waals surface area (Å²) < 4.78 is 7.96. The molecule has 0 saturated heterocycles. The normalized spacial score (nSPS) is 14.8. The lowest BCUT2D eigenvalue weighted by Crippen LogP contribution is -2.39. The van der Waals surface area contributed by atoms with E-state index in [0.29, 0.717) is 30.4 Å². The fourth-order valence-corrected chi connectivity index (χ4v) is 4.89. The second kappa shape index (κ2) is 9.32. The zero-order valence-electron chi connectivity index (χ0n) is 18.0. The molecule has 9 nitrogen and oxygen atoms in total. The third-order valence-corrected chi connectivity index (χ3v) is 6.77. The summed E-state index contributed by atoms with van der Waals surface area (Å²) in [7, 11) is 0. The highest BCUT2D eigenvalue weighted by molar-refractivity contribution is 7.19. The number of thiophene rings is 1. The minimum absolute atomic E-state index is 0.107. The molecule has 4 heterocycles. The van der Waals surface area contributed by atoms with Gasteiger partial charge in [-0.3, -0.25) is 14.2 Å². The van der Waals surface area contributed by atoms with Crippen molar-refractivity contribution in [2.75, 3.05) is 17.7 Å². The van der Waals surface area contributed by atoms with E-state index in [1.807, 2.05) is 30.3 Å². The van der Waals surface area contributed by atoms with Gasteiger partial charge in [-0.05, 0) is 36.2 Å². The average molecular weight is 497 g/mol. The van der Waals surface area contributed by atoms with Gasteiger partial charge < -0.3 is 21.1 Å². The quantitative estimate of drug-likeness (QED) is 0.375. The van der Waals surface area contributed by atoms with Gasteiger partial charge in [-0.15, -0.1) is 11.3 Å². The Kier molecular flexibility index (Phi) is 6.08. The largest absolute Gasteiger partial charge is 0.474 e. The Balaban J connectivity index is 1.23. The van der Waals surface area contributed by atoms with E-state index in [-0.39, 0.29) is 35.6 Å². The van der Waals surface area contributed by atoms with Crippen LogP contribution in [0.15, 0.2) is 53.7 Å². The summed E-state index contributed by atoms with van der Waals surface area (Å²) >= 11 is 7.48. The van der Waals surface area contributed by atoms with Gasteiger partial charge in [-0.2, -0.15) is 0 Å². The molecule has 5 rings (SSSR count). The molecular formula is C23H21ClN6O3S. The van der Waals surface area contributed by atoms with Crippen LogP contribution < -0.4 is 26.7 Å². The number of fused-ring (bicyclic) bond motifs is 2. The fraction of sp³-hybridized carbons (Fsp3) is 0.217. The first-order chi connectivity index (χ1) is 16.4. The number of amides is 1. The Morgan fingerprint density at radius 2 is 2.12 bits per heavy atom. The predicted molar refractivity (Wildman–Crippen MR) is 132 cm³/mol. The van der Waals surface area contributed by atoms with E-state index in [9.17, 15) is 9.59 Å². The van der Waals surface area contributed by atoms with Crippen LogP contribution in [0.4, 0.5) is 11.5 Å². The van der Waals surface area contributed by atoms with Crippen LogP contribution in [0.3, 0.4) is 0 Å². The molecule has 1 amide bonds. The minimum Gasteiger partial charge on any atom is -0.474 e. The van der Waals surface area contributed by atoms with Gasteiger partial charge >= 0.3 is 0 Å². The van der Waals surface area contributed by atoms with Gasteiger partial charge in [0.25, 0.3) is 5.56 Å². The standard InChI is InChI=1S/C23H21ClN6O3S/c24-15-3-1-13(2-4-15)5-16-11-33-22-21(29-16)23(32)30(12-28-22)10-20(31)27-9-17-6-14-8-26-19(25)7-18(14)34-17/h1-4,6-8,12,16,29H,5,9-11H2,(H2,25,26)(H,27,31)/t16-/m1/s1. The van der Waals surface area contributed by atoms with Crippen molar-refractivity contribution < 1.29 is 9.53 Å². The number of benzene rings is 1. The van der Waals surface area contributed by atoms with Crippen LogP contribution in [0, 0.1) is 0 Å². The predicted octanol–water partition coefficient (Wildman–Crippen LogP) is 2.82. The van der Waals surface area contributed by atoms with Crippen molar-refractivity contribution in [2.24, 2.45) is 0 Å². The molecule has 4 N–H and O–H groups in total. The Hall–Kier alpha value is -3.63. The molecule has 11 heteroatoms. The van der Waals surface area contributed by atoms with Gasteiger partial charge in [0.1, 0.15) is 25.3 Å². The third-order valence-electron chi connectivity index (χ3n) is 5.42. The molecule has 0 saturated carbocycles. The Morgan fingerprint density at radius 1 is 1.29 bits per heavy atom. The molecule has 174 valence electrons. The summed E-state index contributed by atoms with van der Waals surface area (Å²) in [5.41, 5.74) is 6.69. The van der Waals surface area contributed by atoms with Crippen LogP contribution in [0.5, 0.6) is 5.88 Å². The molecule has 1 aliphatic heterocycles. The molecule has 1 aliphatic rings. The van der Waals surface area contributed by atoms with Crippen molar-refractivity contribution in [3.63, 3.8) is 0 Å². The fourth-order valence-electron chi connectivity index (χ4n) is 3.75. The number of anilines is 2. The van der Waals surface area contributed by atoms with Crippen LogP contribution in [0.2, 0.25) is 5.02 Å². The molecule has 1 aromatic carbocycles. The van der Waals surface area contributed by atoms with Crippen LogP contribution in [0.25, 0.3) is 10.1 Å². The number of nitrogens with zero attached hydrogens (tertiary/aromatic N) is 3. The molecule has 1 atom stereocenters. The number of nitrogen functional groups attached to an aromatic ring is 1. The van der Waals surface area contributed by atoms with E-state index >= 15 is 0 Å². The summed E-state index contributed by atoms with van der Waals surface area (Å²) in [5.74, 6) is 0.401. The van der Waals surface area contributed by atoms with Gasteiger partial charge in [-0.1, -0.05) is 23.7 Å². The smallest absolute Gasteiger partial charge is 0.281 e. The number of rotatable bonds is 6. The Labute approximate surface area is 203 Å². The SMILES string of the molecule is Nc1cc2sc(CNC(=O)Cn3cnc4c(c3=O)N[C@H](Cc3ccc(Cl)cc3)CO4)cc2cn1. The van der Waals surface area contributed by atoms with E-state index in [1.165, 1.54) is 22.2 Å². The lowest BCUT2D eigenvalue weighted by molar-refractivity contribution is -0.121. The summed E-state index contributed by atoms with van der Waals surface area (Å²) in [6.45, 7) is 0.570. The van der Waals surface area contributed by atoms with E-state index < -0.39 is 0 Å². The highest BCUT2D eigenvalue weighted by atomic mass is 35.5. The van der Waals surface area contributed by atoms with Crippen molar-refractivity contribution in [3.8, 4) is 5.88 Å². The summed E-state index contributed by atoms with van der Waals surface area (Å²) in [4.78, 5) is 34.8. The molecule has 0 aliphatic carbocycles. The van der Waals surface area contributed by atoms with Gasteiger partial charge in [0.15, 0.2) is 5.69 Å². The summed E-state index contributed by atoms with van der Waals surface area (Å²) in [6, 6.07) is 11.2. The number of nitrogens with two attached hydrogens (primary N) is 1. The highest BCUT2D eigenvalue weighted by Gasteiger charge is 2.24. The number of halogens is 1. The number of hydrogen-bond donors (Lipinski definition) is 3. The maximum Gasteiger partial charge on any atom is 0.281 e. The van der Waals surface area contributed by atoms with Crippen molar-refractivity contribution in [1.82, 2.24) is 19.9 Å². The van der Waals surface area contributed by atoms with Gasteiger partial charge in [0.2, 0.25) is 11.8 Å². The molecule has 3 aromatic heterocycles. The maximum absolute atomic E-state index is 13.0. The minimum atomic E-state index is -0.357. The van der Waals surface area contributed by atoms with Crippen molar-refractivity contribution >= 4 is 50.4 Å². The number of nitrogens with one attached hydrogen (secondary N) is 2. The Bertz CT molecular complexity index is 1420. The molecule has 0 radical (unpaired) electrons. The first kappa shape index (κ1) is 22.2. The molecule has 0 spiro atoms. The molecule has 0 bridgehead atoms. The topological polar surface area (TPSA) is 124 Å². The van der Waals surface area contributed by atoms with Gasteiger partial charge in [0.05, 0.1) is 12.6 Å². The average Bonchev–Trinajstić information content (AvgIpc) is 3.23. The molecule has 4 aromatic rings. The van der Waals surface area contributed by atoms with Gasteiger partial charge in [-0.25, -0.2) is 9.97 Å². The van der Waals surface area contributed by atoms with Crippen LogP contribution in [-0.4, -0.2) is 33.1 Å². The highest BCUT2D eigenvalue weighted by Crippen LogP contribution is 2.26. The number of aromatic nitrogens is 3. The lowest BCUT2D eigenvalue weighted by Gasteiger charge is -2.26. The third kappa shape index (κ3) is 4.82. The molecule has 0 unspecified atom stereocenters. The lowest BCUT2D eigenvalue weighted by atomic mass is 10.1. The van der Waals surface area contributed by atoms with Crippen molar-refractivity contribution in [2.45, 2.75) is 25.6 Å². The number of hydrogen-bond acceptors (Lipinski definition) is 8. The van der Waals surface area contributed by atoms with Crippen molar-refractivity contribution in [3.05, 3.63) is 74.7 Å². The van der Waals surface area contributed by atoms with E-state index in [2.05, 4.69) is 20.6 Å². The van der Waals surface area contributed by atoms with E-state index in [1.54, 1.807) is 12.3 Å².